The Bertz CT molecular complexity index is 1130. The molecule has 176 valence electrons. The van der Waals surface area contributed by atoms with Crippen LogP contribution in [0.1, 0.15) is 35.2 Å². The molecule has 0 aromatic heterocycles. The van der Waals surface area contributed by atoms with Gasteiger partial charge in [0, 0.05) is 18.7 Å². The standard InChI is InChI=1S/C23H23F3N2O4S/c24-23(25,26)19-7-6-8-20(17-19)32-16-5-2-13-27-22(29)18-9-11-21(12-10-18)33(30,31)28-14-3-1-4-15-28/h6-12,17H,1,3-4,13-16H2,(H,27,29). The van der Waals surface area contributed by atoms with Gasteiger partial charge >= 0.3 is 6.18 Å². The molecule has 10 heteroatoms. The largest absolute Gasteiger partial charge is 0.481 e. The normalized spacial score (nSPS) is 14.8. The minimum atomic E-state index is -4.45. The molecule has 1 amide bonds. The molecule has 1 fully saturated rings. The Hall–Kier alpha value is -3.03. The fourth-order valence-electron chi connectivity index (χ4n) is 3.25. The number of carbonyl (C=O) groups excluding carboxylic acids is 1. The Morgan fingerprint density at radius 2 is 1.73 bits per heavy atom. The summed E-state index contributed by atoms with van der Waals surface area (Å²) >= 11 is 0. The first-order chi connectivity index (χ1) is 15.7. The number of piperidine rings is 1. The van der Waals surface area contributed by atoms with Crippen molar-refractivity contribution in [3.8, 4) is 17.6 Å². The van der Waals surface area contributed by atoms with Crippen LogP contribution in [0.3, 0.4) is 0 Å². The molecule has 0 unspecified atom stereocenters. The number of carbonyl (C=O) groups is 1. The number of amides is 1. The van der Waals surface area contributed by atoms with E-state index in [1.807, 2.05) is 0 Å². The topological polar surface area (TPSA) is 75.7 Å². The summed E-state index contributed by atoms with van der Waals surface area (Å²) in [7, 11) is -3.56. The van der Waals surface area contributed by atoms with Gasteiger partial charge in [-0.15, -0.1) is 0 Å². The highest BCUT2D eigenvalue weighted by molar-refractivity contribution is 7.89. The Balaban J connectivity index is 1.47. The van der Waals surface area contributed by atoms with Crippen LogP contribution in [0.5, 0.6) is 5.75 Å². The second kappa shape index (κ2) is 10.7. The smallest absolute Gasteiger partial charge is 0.416 e. The first-order valence-electron chi connectivity index (χ1n) is 10.3. The van der Waals surface area contributed by atoms with Crippen LogP contribution in [0.2, 0.25) is 0 Å². The van der Waals surface area contributed by atoms with E-state index in [9.17, 15) is 26.4 Å². The van der Waals surface area contributed by atoms with Crippen LogP contribution in [0.4, 0.5) is 13.2 Å². The van der Waals surface area contributed by atoms with Crippen LogP contribution in [-0.4, -0.2) is 44.9 Å². The molecule has 2 aromatic carbocycles. The zero-order valence-corrected chi connectivity index (χ0v) is 18.5. The van der Waals surface area contributed by atoms with Crippen LogP contribution in [0.25, 0.3) is 0 Å². The highest BCUT2D eigenvalue weighted by Crippen LogP contribution is 2.31. The van der Waals surface area contributed by atoms with Crippen molar-refractivity contribution in [3.05, 3.63) is 59.7 Å². The van der Waals surface area contributed by atoms with Gasteiger partial charge in [0.15, 0.2) is 0 Å². The highest BCUT2D eigenvalue weighted by atomic mass is 32.2. The fourth-order valence-corrected chi connectivity index (χ4v) is 4.77. The summed E-state index contributed by atoms with van der Waals surface area (Å²) in [5.74, 6) is 4.88. The maximum absolute atomic E-state index is 12.7. The molecule has 1 saturated heterocycles. The number of hydrogen-bond donors (Lipinski definition) is 1. The number of rotatable bonds is 6. The van der Waals surface area contributed by atoms with E-state index in [2.05, 4.69) is 17.2 Å². The van der Waals surface area contributed by atoms with Crippen LogP contribution in [0, 0.1) is 11.8 Å². The lowest BCUT2D eigenvalue weighted by Crippen LogP contribution is -2.35. The number of sulfonamides is 1. The van der Waals surface area contributed by atoms with Gasteiger partial charge in [-0.1, -0.05) is 24.3 Å². The van der Waals surface area contributed by atoms with Gasteiger partial charge in [-0.05, 0) is 55.3 Å². The number of benzene rings is 2. The zero-order chi connectivity index (χ0) is 23.9. The summed E-state index contributed by atoms with van der Waals surface area (Å²) in [6.07, 6.45) is -1.76. The molecule has 1 heterocycles. The van der Waals surface area contributed by atoms with E-state index in [-0.39, 0.29) is 29.4 Å². The van der Waals surface area contributed by atoms with Gasteiger partial charge in [-0.25, -0.2) is 8.42 Å². The van der Waals surface area contributed by atoms with Crippen molar-refractivity contribution >= 4 is 15.9 Å². The first kappa shape index (κ1) is 24.6. The maximum Gasteiger partial charge on any atom is 0.416 e. The number of halogens is 3. The Labute approximate surface area is 190 Å². The molecular weight excluding hydrogens is 457 g/mol. The quantitative estimate of drug-likeness (QED) is 0.640. The number of alkyl halides is 3. The lowest BCUT2D eigenvalue weighted by atomic mass is 10.2. The fraction of sp³-hybridized carbons (Fsp3) is 0.348. The summed E-state index contributed by atoms with van der Waals surface area (Å²) in [5, 5.41) is 2.57. The van der Waals surface area contributed by atoms with E-state index < -0.39 is 27.7 Å². The summed E-state index contributed by atoms with van der Waals surface area (Å²) in [4.78, 5) is 12.4. The van der Waals surface area contributed by atoms with Crippen molar-refractivity contribution in [2.24, 2.45) is 0 Å². The van der Waals surface area contributed by atoms with Gasteiger partial charge in [0.2, 0.25) is 10.0 Å². The molecule has 1 aliphatic heterocycles. The molecule has 0 radical (unpaired) electrons. The van der Waals surface area contributed by atoms with Gasteiger partial charge in [0.05, 0.1) is 17.0 Å². The number of nitrogens with zero attached hydrogens (tertiary/aromatic N) is 1. The molecule has 3 rings (SSSR count). The van der Waals surface area contributed by atoms with Crippen LogP contribution < -0.4 is 10.1 Å². The summed E-state index contributed by atoms with van der Waals surface area (Å²) < 4.78 is 70.0. The molecule has 0 bridgehead atoms. The zero-order valence-electron chi connectivity index (χ0n) is 17.7. The molecule has 0 atom stereocenters. The molecular formula is C23H23F3N2O4S. The monoisotopic (exact) mass is 480 g/mol. The van der Waals surface area contributed by atoms with Crippen LogP contribution >= 0.6 is 0 Å². The minimum absolute atomic E-state index is 0.00138. The SMILES string of the molecule is O=C(NCC#CCOc1cccc(C(F)(F)F)c1)c1ccc(S(=O)(=O)N2CCCCC2)cc1. The number of ether oxygens (including phenoxy) is 1. The molecule has 6 nitrogen and oxygen atoms in total. The van der Waals surface area contributed by atoms with Crippen molar-refractivity contribution in [3.63, 3.8) is 0 Å². The highest BCUT2D eigenvalue weighted by Gasteiger charge is 2.30. The summed E-state index contributed by atoms with van der Waals surface area (Å²) in [6.45, 7) is 0.861. The van der Waals surface area contributed by atoms with E-state index in [0.717, 1.165) is 31.4 Å². The molecule has 0 saturated carbocycles. The predicted molar refractivity (Wildman–Crippen MR) is 116 cm³/mol. The average Bonchev–Trinajstić information content (AvgIpc) is 2.81. The third kappa shape index (κ3) is 6.73. The first-order valence-corrected chi connectivity index (χ1v) is 11.8. The Morgan fingerprint density at radius 1 is 1.03 bits per heavy atom. The van der Waals surface area contributed by atoms with E-state index in [4.69, 9.17) is 4.74 Å². The van der Waals surface area contributed by atoms with Crippen molar-refractivity contribution in [1.82, 2.24) is 9.62 Å². The second-order valence-electron chi connectivity index (χ2n) is 7.34. The minimum Gasteiger partial charge on any atom is -0.481 e. The third-order valence-electron chi connectivity index (χ3n) is 5.00. The third-order valence-corrected chi connectivity index (χ3v) is 6.92. The Kier molecular flexibility index (Phi) is 8.00. The molecule has 1 N–H and O–H groups in total. The predicted octanol–water partition coefficient (Wildman–Crippen LogP) is 3.69. The lowest BCUT2D eigenvalue weighted by molar-refractivity contribution is -0.137. The summed E-state index contributed by atoms with van der Waals surface area (Å²) in [6, 6.07) is 10.2. The second-order valence-corrected chi connectivity index (χ2v) is 9.28. The van der Waals surface area contributed by atoms with Crippen molar-refractivity contribution < 1.29 is 31.1 Å². The van der Waals surface area contributed by atoms with Crippen molar-refractivity contribution in [1.29, 1.82) is 0 Å². The Morgan fingerprint density at radius 3 is 2.39 bits per heavy atom. The van der Waals surface area contributed by atoms with Gasteiger partial charge in [-0.2, -0.15) is 17.5 Å². The van der Waals surface area contributed by atoms with E-state index in [1.54, 1.807) is 0 Å². The molecule has 33 heavy (non-hydrogen) atoms. The van der Waals surface area contributed by atoms with Crippen LogP contribution in [0.15, 0.2) is 53.4 Å². The molecule has 2 aromatic rings. The van der Waals surface area contributed by atoms with Gasteiger partial charge in [0.25, 0.3) is 5.91 Å². The van der Waals surface area contributed by atoms with E-state index in [0.29, 0.717) is 13.1 Å². The van der Waals surface area contributed by atoms with Gasteiger partial charge < -0.3 is 10.1 Å². The molecule has 0 spiro atoms. The summed E-state index contributed by atoms with van der Waals surface area (Å²) in [5.41, 5.74) is -0.524. The van der Waals surface area contributed by atoms with Gasteiger partial charge in [0.1, 0.15) is 12.4 Å². The van der Waals surface area contributed by atoms with E-state index >= 15 is 0 Å². The van der Waals surface area contributed by atoms with Crippen molar-refractivity contribution in [2.75, 3.05) is 26.2 Å². The van der Waals surface area contributed by atoms with Gasteiger partial charge in [-0.3, -0.25) is 4.79 Å². The molecule has 1 aliphatic rings. The average molecular weight is 481 g/mol. The number of nitrogens with one attached hydrogen (secondary N) is 1. The lowest BCUT2D eigenvalue weighted by Gasteiger charge is -2.25. The van der Waals surface area contributed by atoms with Crippen molar-refractivity contribution in [2.45, 2.75) is 30.3 Å². The maximum atomic E-state index is 12.7. The van der Waals surface area contributed by atoms with Crippen LogP contribution in [-0.2, 0) is 16.2 Å². The van der Waals surface area contributed by atoms with E-state index in [1.165, 1.54) is 40.7 Å². The molecule has 0 aliphatic carbocycles. The number of hydrogen-bond acceptors (Lipinski definition) is 4.